The van der Waals surface area contributed by atoms with Crippen molar-refractivity contribution < 1.29 is 28.5 Å². The van der Waals surface area contributed by atoms with Crippen LogP contribution in [0.25, 0.3) is 10.2 Å². The summed E-state index contributed by atoms with van der Waals surface area (Å²) in [6.07, 6.45) is 1.91. The number of aryl methyl sites for hydroxylation is 1. The first kappa shape index (κ1) is 26.2. The van der Waals surface area contributed by atoms with Crippen LogP contribution in [0.3, 0.4) is 0 Å². The summed E-state index contributed by atoms with van der Waals surface area (Å²) in [7, 11) is 4.65. The largest absolute Gasteiger partial charge is 0.493 e. The van der Waals surface area contributed by atoms with Crippen LogP contribution in [0.15, 0.2) is 29.3 Å². The number of nitrogens with zero attached hydrogens (tertiary/aromatic N) is 2. The highest BCUT2D eigenvalue weighted by Gasteiger charge is 2.23. The van der Waals surface area contributed by atoms with Crippen LogP contribution < -0.4 is 20.3 Å². The monoisotopic (exact) mass is 503 g/mol. The highest BCUT2D eigenvalue weighted by molar-refractivity contribution is 7.20. The Hall–Kier alpha value is -3.44. The van der Waals surface area contributed by atoms with Crippen molar-refractivity contribution in [2.24, 2.45) is 0 Å². The fourth-order valence-corrected chi connectivity index (χ4v) is 4.56. The zero-order valence-corrected chi connectivity index (χ0v) is 21.2. The lowest BCUT2D eigenvalue weighted by Gasteiger charge is -2.15. The number of rotatable bonds is 11. The second-order valence-electron chi connectivity index (χ2n) is 7.73. The van der Waals surface area contributed by atoms with Crippen LogP contribution in [0, 0.1) is 6.92 Å². The maximum absolute atomic E-state index is 13.2. The Labute approximate surface area is 206 Å². The molecule has 1 aromatic carbocycles. The second-order valence-corrected chi connectivity index (χ2v) is 8.73. The third-order valence-electron chi connectivity index (χ3n) is 5.54. The minimum absolute atomic E-state index is 0.112. The van der Waals surface area contributed by atoms with E-state index in [9.17, 15) is 14.4 Å². The number of methoxy groups -OCH3 is 3. The lowest BCUT2D eigenvalue weighted by atomic mass is 10.1. The van der Waals surface area contributed by atoms with Gasteiger partial charge in [0.15, 0.2) is 11.5 Å². The van der Waals surface area contributed by atoms with Gasteiger partial charge in [0.25, 0.3) is 5.56 Å². The molecule has 0 aliphatic rings. The molecule has 0 aliphatic carbocycles. The number of carbonyl (C=O) groups excluding carboxylic acids is 2. The van der Waals surface area contributed by atoms with Gasteiger partial charge in [-0.1, -0.05) is 6.07 Å². The normalized spacial score (nSPS) is 11.8. The van der Waals surface area contributed by atoms with E-state index in [2.05, 4.69) is 10.3 Å². The molecule has 1 amide bonds. The van der Waals surface area contributed by atoms with Crippen LogP contribution in [-0.2, 0) is 20.7 Å². The van der Waals surface area contributed by atoms with Crippen molar-refractivity contribution in [3.8, 4) is 11.5 Å². The van der Waals surface area contributed by atoms with E-state index in [0.717, 1.165) is 16.9 Å². The summed E-state index contributed by atoms with van der Waals surface area (Å²) in [4.78, 5) is 43.4. The van der Waals surface area contributed by atoms with Crippen molar-refractivity contribution in [1.29, 1.82) is 0 Å². The number of hydrogen-bond donors (Lipinski definition) is 1. The first-order valence-corrected chi connectivity index (χ1v) is 11.8. The van der Waals surface area contributed by atoms with Crippen LogP contribution in [0.2, 0.25) is 0 Å². The molecular formula is C24H29N3O7S. The number of amides is 1. The van der Waals surface area contributed by atoms with Gasteiger partial charge in [0, 0.05) is 13.7 Å². The summed E-state index contributed by atoms with van der Waals surface area (Å²) >= 11 is 1.09. The number of hydrogen-bond acceptors (Lipinski definition) is 9. The smallest absolute Gasteiger partial charge is 0.348 e. The van der Waals surface area contributed by atoms with Gasteiger partial charge in [-0.2, -0.15) is 0 Å². The topological polar surface area (TPSA) is 118 Å². The SMILES string of the molecule is COCCOC(=O)c1sc2ncn(C(C)C(=O)NCCc3ccc(OC)c(OC)c3)c(=O)c2c1C. The van der Waals surface area contributed by atoms with Crippen molar-refractivity contribution in [3.05, 3.63) is 50.9 Å². The molecule has 2 aromatic heterocycles. The molecule has 0 saturated carbocycles. The molecule has 0 radical (unpaired) electrons. The molecule has 11 heteroatoms. The molecular weight excluding hydrogens is 474 g/mol. The number of thiophene rings is 1. The van der Waals surface area contributed by atoms with Crippen molar-refractivity contribution in [1.82, 2.24) is 14.9 Å². The van der Waals surface area contributed by atoms with Gasteiger partial charge < -0.3 is 24.3 Å². The summed E-state index contributed by atoms with van der Waals surface area (Å²) in [5, 5.41) is 3.16. The third-order valence-corrected chi connectivity index (χ3v) is 6.72. The zero-order valence-electron chi connectivity index (χ0n) is 20.4. The van der Waals surface area contributed by atoms with E-state index in [-0.39, 0.29) is 24.7 Å². The Balaban J connectivity index is 1.71. The quantitative estimate of drug-likeness (QED) is 0.313. The summed E-state index contributed by atoms with van der Waals surface area (Å²) in [6.45, 7) is 4.06. The fourth-order valence-electron chi connectivity index (χ4n) is 3.53. The van der Waals surface area contributed by atoms with Gasteiger partial charge in [-0.15, -0.1) is 11.3 Å². The molecule has 35 heavy (non-hydrogen) atoms. The van der Waals surface area contributed by atoms with Crippen LogP contribution in [0.5, 0.6) is 11.5 Å². The van der Waals surface area contributed by atoms with Crippen LogP contribution in [0.4, 0.5) is 0 Å². The van der Waals surface area contributed by atoms with E-state index in [0.29, 0.717) is 45.1 Å². The number of aromatic nitrogens is 2. The average Bonchev–Trinajstić information content (AvgIpc) is 3.20. The summed E-state index contributed by atoms with van der Waals surface area (Å²) in [5.41, 5.74) is 1.07. The number of ether oxygens (including phenoxy) is 4. The summed E-state index contributed by atoms with van der Waals surface area (Å²) in [6, 6.07) is 4.77. The zero-order chi connectivity index (χ0) is 25.5. The standard InChI is InChI=1S/C24H29N3O7S/c1-14-19-22(35-20(14)24(30)34-11-10-31-3)26-13-27(23(19)29)15(2)21(28)25-9-8-16-6-7-17(32-4)18(12-16)33-5/h6-7,12-13,15H,8-11H2,1-5H3,(H,25,28). The summed E-state index contributed by atoms with van der Waals surface area (Å²) < 4.78 is 21.9. The van der Waals surface area contributed by atoms with Crippen LogP contribution in [-0.4, -0.2) is 62.5 Å². The molecule has 188 valence electrons. The molecule has 0 aliphatic heterocycles. The Morgan fingerprint density at radius 3 is 2.57 bits per heavy atom. The van der Waals surface area contributed by atoms with Crippen LogP contribution in [0.1, 0.15) is 33.8 Å². The summed E-state index contributed by atoms with van der Waals surface area (Å²) in [5.74, 6) is 0.394. The number of fused-ring (bicyclic) bond motifs is 1. The molecule has 0 spiro atoms. The highest BCUT2D eigenvalue weighted by Crippen LogP contribution is 2.28. The molecule has 3 rings (SSSR count). The van der Waals surface area contributed by atoms with Crippen molar-refractivity contribution >= 4 is 33.4 Å². The van der Waals surface area contributed by atoms with E-state index in [1.807, 2.05) is 18.2 Å². The minimum atomic E-state index is -0.791. The Bertz CT molecular complexity index is 1270. The van der Waals surface area contributed by atoms with Gasteiger partial charge in [-0.3, -0.25) is 14.2 Å². The van der Waals surface area contributed by atoms with E-state index in [4.69, 9.17) is 18.9 Å². The third kappa shape index (κ3) is 5.80. The number of esters is 1. The molecule has 0 saturated heterocycles. The van der Waals surface area contributed by atoms with Crippen molar-refractivity contribution in [2.75, 3.05) is 41.1 Å². The lowest BCUT2D eigenvalue weighted by Crippen LogP contribution is -2.36. The second kappa shape index (κ2) is 11.8. The Morgan fingerprint density at radius 2 is 1.89 bits per heavy atom. The maximum Gasteiger partial charge on any atom is 0.348 e. The molecule has 10 nitrogen and oxygen atoms in total. The van der Waals surface area contributed by atoms with E-state index >= 15 is 0 Å². The minimum Gasteiger partial charge on any atom is -0.493 e. The maximum atomic E-state index is 13.2. The molecule has 3 aromatic rings. The van der Waals surface area contributed by atoms with Crippen LogP contribution >= 0.6 is 11.3 Å². The Morgan fingerprint density at radius 1 is 1.14 bits per heavy atom. The lowest BCUT2D eigenvalue weighted by molar-refractivity contribution is -0.123. The molecule has 0 fully saturated rings. The predicted octanol–water partition coefficient (Wildman–Crippen LogP) is 2.51. The molecule has 1 unspecified atom stereocenters. The van der Waals surface area contributed by atoms with Gasteiger partial charge in [-0.25, -0.2) is 9.78 Å². The number of nitrogens with one attached hydrogen (secondary N) is 1. The van der Waals surface area contributed by atoms with Crippen molar-refractivity contribution in [2.45, 2.75) is 26.3 Å². The van der Waals surface area contributed by atoms with Gasteiger partial charge in [0.05, 0.1) is 32.5 Å². The van der Waals surface area contributed by atoms with Crippen molar-refractivity contribution in [3.63, 3.8) is 0 Å². The fraction of sp³-hybridized carbons (Fsp3) is 0.417. The number of benzene rings is 1. The molecule has 1 N–H and O–H groups in total. The Kier molecular flexibility index (Phi) is 8.83. The average molecular weight is 504 g/mol. The predicted molar refractivity (Wildman–Crippen MR) is 132 cm³/mol. The first-order valence-electron chi connectivity index (χ1n) is 11.0. The molecule has 0 bridgehead atoms. The molecule has 1 atom stereocenters. The van der Waals surface area contributed by atoms with Gasteiger partial charge in [0.2, 0.25) is 5.91 Å². The van der Waals surface area contributed by atoms with E-state index in [1.165, 1.54) is 18.0 Å². The number of carbonyl (C=O) groups is 2. The van der Waals surface area contributed by atoms with E-state index < -0.39 is 12.0 Å². The van der Waals surface area contributed by atoms with Gasteiger partial charge in [-0.05, 0) is 43.5 Å². The van der Waals surface area contributed by atoms with Gasteiger partial charge >= 0.3 is 5.97 Å². The highest BCUT2D eigenvalue weighted by atomic mass is 32.1. The van der Waals surface area contributed by atoms with E-state index in [1.54, 1.807) is 28.1 Å². The first-order chi connectivity index (χ1) is 16.8. The van der Waals surface area contributed by atoms with Gasteiger partial charge in [0.1, 0.15) is 22.4 Å². The molecule has 2 heterocycles.